The van der Waals surface area contributed by atoms with E-state index in [-0.39, 0.29) is 18.6 Å². The highest BCUT2D eigenvalue weighted by Gasteiger charge is 2.32. The summed E-state index contributed by atoms with van der Waals surface area (Å²) in [6.45, 7) is 2.10. The number of amides is 1. The highest BCUT2D eigenvalue weighted by molar-refractivity contribution is 5.91. The molecule has 1 unspecified atom stereocenters. The SMILES string of the molecule is CCc1ccc(C(=O)NC(CCO)C2CC2)o1. The van der Waals surface area contributed by atoms with E-state index in [1.54, 1.807) is 6.07 Å². The molecule has 1 atom stereocenters. The molecule has 2 N–H and O–H groups in total. The van der Waals surface area contributed by atoms with Crippen LogP contribution < -0.4 is 5.32 Å². The van der Waals surface area contributed by atoms with Crippen LogP contribution in [0.1, 0.15) is 42.5 Å². The monoisotopic (exact) mass is 237 g/mol. The van der Waals surface area contributed by atoms with Crippen LogP contribution in [0.2, 0.25) is 0 Å². The summed E-state index contributed by atoms with van der Waals surface area (Å²) >= 11 is 0. The molecule has 1 amide bonds. The zero-order chi connectivity index (χ0) is 12.3. The van der Waals surface area contributed by atoms with Crippen molar-refractivity contribution in [3.05, 3.63) is 23.7 Å². The van der Waals surface area contributed by atoms with Gasteiger partial charge < -0.3 is 14.8 Å². The minimum absolute atomic E-state index is 0.0858. The lowest BCUT2D eigenvalue weighted by Gasteiger charge is -2.15. The normalized spacial score (nSPS) is 16.8. The molecule has 4 heteroatoms. The van der Waals surface area contributed by atoms with Crippen LogP contribution in [0.4, 0.5) is 0 Å². The van der Waals surface area contributed by atoms with Gasteiger partial charge in [-0.15, -0.1) is 0 Å². The van der Waals surface area contributed by atoms with Crippen LogP contribution in [0, 0.1) is 5.92 Å². The van der Waals surface area contributed by atoms with Gasteiger partial charge in [0.05, 0.1) is 0 Å². The van der Waals surface area contributed by atoms with Crippen LogP contribution in [-0.4, -0.2) is 23.7 Å². The molecule has 17 heavy (non-hydrogen) atoms. The summed E-state index contributed by atoms with van der Waals surface area (Å²) in [4.78, 5) is 11.9. The Morgan fingerprint density at radius 3 is 2.88 bits per heavy atom. The third kappa shape index (κ3) is 3.09. The predicted molar refractivity (Wildman–Crippen MR) is 63.8 cm³/mol. The van der Waals surface area contributed by atoms with Crippen molar-refractivity contribution >= 4 is 5.91 Å². The smallest absolute Gasteiger partial charge is 0.287 e. The van der Waals surface area contributed by atoms with Gasteiger partial charge in [0.15, 0.2) is 5.76 Å². The van der Waals surface area contributed by atoms with Gasteiger partial charge in [-0.1, -0.05) is 6.92 Å². The fourth-order valence-electron chi connectivity index (χ4n) is 1.99. The number of rotatable bonds is 6. The van der Waals surface area contributed by atoms with Crippen LogP contribution in [-0.2, 0) is 6.42 Å². The molecule has 1 aliphatic rings. The molecule has 0 saturated heterocycles. The molecule has 1 aromatic rings. The molecule has 1 heterocycles. The Hall–Kier alpha value is -1.29. The molecule has 0 spiro atoms. The van der Waals surface area contributed by atoms with E-state index in [9.17, 15) is 4.79 Å². The standard InChI is InChI=1S/C13H19NO3/c1-2-10-5-6-12(17-10)13(16)14-11(7-8-15)9-3-4-9/h5-6,9,11,15H,2-4,7-8H2,1H3,(H,14,16). The number of carbonyl (C=O) groups excluding carboxylic acids is 1. The number of furan rings is 1. The number of nitrogens with one attached hydrogen (secondary N) is 1. The van der Waals surface area contributed by atoms with Crippen molar-refractivity contribution in [3.8, 4) is 0 Å². The van der Waals surface area contributed by atoms with E-state index in [0.29, 0.717) is 18.1 Å². The maximum atomic E-state index is 11.9. The molecule has 4 nitrogen and oxygen atoms in total. The van der Waals surface area contributed by atoms with Gasteiger partial charge in [-0.2, -0.15) is 0 Å². The zero-order valence-corrected chi connectivity index (χ0v) is 10.1. The van der Waals surface area contributed by atoms with E-state index >= 15 is 0 Å². The predicted octanol–water partition coefficient (Wildman–Crippen LogP) is 1.73. The molecule has 0 radical (unpaired) electrons. The molecule has 0 aromatic carbocycles. The van der Waals surface area contributed by atoms with E-state index in [2.05, 4.69) is 5.32 Å². The quantitative estimate of drug-likeness (QED) is 0.792. The Bertz CT molecular complexity index is 382. The topological polar surface area (TPSA) is 62.5 Å². The van der Waals surface area contributed by atoms with E-state index in [1.807, 2.05) is 13.0 Å². The fourth-order valence-corrected chi connectivity index (χ4v) is 1.99. The molecular formula is C13H19NO3. The Morgan fingerprint density at radius 2 is 2.35 bits per heavy atom. The second kappa shape index (κ2) is 5.36. The van der Waals surface area contributed by atoms with Crippen molar-refractivity contribution < 1.29 is 14.3 Å². The molecule has 0 bridgehead atoms. The number of aryl methyl sites for hydroxylation is 1. The van der Waals surface area contributed by atoms with Crippen molar-refractivity contribution in [2.45, 2.75) is 38.6 Å². The van der Waals surface area contributed by atoms with Gasteiger partial charge in [-0.05, 0) is 37.3 Å². The van der Waals surface area contributed by atoms with Crippen LogP contribution in [0.25, 0.3) is 0 Å². The molecule has 94 valence electrons. The first kappa shape index (κ1) is 12.2. The Kier molecular flexibility index (Phi) is 3.84. The summed E-state index contributed by atoms with van der Waals surface area (Å²) in [5.74, 6) is 1.55. The average Bonchev–Trinajstić information content (AvgIpc) is 3.06. The summed E-state index contributed by atoms with van der Waals surface area (Å²) < 4.78 is 5.40. The maximum Gasteiger partial charge on any atom is 0.287 e. The maximum absolute atomic E-state index is 11.9. The molecule has 0 aliphatic heterocycles. The number of carbonyl (C=O) groups is 1. The largest absolute Gasteiger partial charge is 0.456 e. The highest BCUT2D eigenvalue weighted by atomic mass is 16.3. The average molecular weight is 237 g/mol. The van der Waals surface area contributed by atoms with Crippen LogP contribution in [0.3, 0.4) is 0 Å². The summed E-state index contributed by atoms with van der Waals surface area (Å²) in [6.07, 6.45) is 3.69. The van der Waals surface area contributed by atoms with Crippen molar-refractivity contribution in [1.82, 2.24) is 5.32 Å². The number of aliphatic hydroxyl groups excluding tert-OH is 1. The first-order valence-corrected chi connectivity index (χ1v) is 6.25. The van der Waals surface area contributed by atoms with Gasteiger partial charge in [-0.3, -0.25) is 4.79 Å². The van der Waals surface area contributed by atoms with Crippen LogP contribution in [0.15, 0.2) is 16.5 Å². The van der Waals surface area contributed by atoms with E-state index < -0.39 is 0 Å². The van der Waals surface area contributed by atoms with Gasteiger partial charge in [-0.25, -0.2) is 0 Å². The Labute approximate surface area is 101 Å². The van der Waals surface area contributed by atoms with Crippen molar-refractivity contribution in [1.29, 1.82) is 0 Å². The third-order valence-corrected chi connectivity index (χ3v) is 3.18. The lowest BCUT2D eigenvalue weighted by molar-refractivity contribution is 0.0894. The molecular weight excluding hydrogens is 218 g/mol. The van der Waals surface area contributed by atoms with E-state index in [0.717, 1.165) is 25.0 Å². The van der Waals surface area contributed by atoms with Crippen LogP contribution in [0.5, 0.6) is 0 Å². The Morgan fingerprint density at radius 1 is 1.59 bits per heavy atom. The highest BCUT2D eigenvalue weighted by Crippen LogP contribution is 2.34. The van der Waals surface area contributed by atoms with Crippen molar-refractivity contribution in [3.63, 3.8) is 0 Å². The summed E-state index contributed by atoms with van der Waals surface area (Å²) in [5, 5.41) is 11.9. The second-order valence-electron chi connectivity index (χ2n) is 4.55. The van der Waals surface area contributed by atoms with Gasteiger partial charge in [0.2, 0.25) is 0 Å². The zero-order valence-electron chi connectivity index (χ0n) is 10.1. The molecule has 1 aliphatic carbocycles. The second-order valence-corrected chi connectivity index (χ2v) is 4.55. The number of hydrogen-bond donors (Lipinski definition) is 2. The van der Waals surface area contributed by atoms with Crippen LogP contribution >= 0.6 is 0 Å². The van der Waals surface area contributed by atoms with Gasteiger partial charge in [0.25, 0.3) is 5.91 Å². The minimum Gasteiger partial charge on any atom is -0.456 e. The summed E-state index contributed by atoms with van der Waals surface area (Å²) in [5.41, 5.74) is 0. The third-order valence-electron chi connectivity index (χ3n) is 3.18. The van der Waals surface area contributed by atoms with E-state index in [4.69, 9.17) is 9.52 Å². The fraction of sp³-hybridized carbons (Fsp3) is 0.615. The summed E-state index contributed by atoms with van der Waals surface area (Å²) in [6, 6.07) is 3.62. The molecule has 1 saturated carbocycles. The lowest BCUT2D eigenvalue weighted by Crippen LogP contribution is -2.36. The van der Waals surface area contributed by atoms with E-state index in [1.165, 1.54) is 0 Å². The number of hydrogen-bond acceptors (Lipinski definition) is 3. The summed E-state index contributed by atoms with van der Waals surface area (Å²) in [7, 11) is 0. The number of aliphatic hydroxyl groups is 1. The minimum atomic E-state index is -0.171. The van der Waals surface area contributed by atoms with Gasteiger partial charge >= 0.3 is 0 Å². The lowest BCUT2D eigenvalue weighted by atomic mass is 10.1. The first-order valence-electron chi connectivity index (χ1n) is 6.25. The van der Waals surface area contributed by atoms with Gasteiger partial charge in [0, 0.05) is 19.1 Å². The molecule has 2 rings (SSSR count). The molecule has 1 fully saturated rings. The van der Waals surface area contributed by atoms with Crippen molar-refractivity contribution in [2.75, 3.05) is 6.61 Å². The Balaban J connectivity index is 1.94. The van der Waals surface area contributed by atoms with Crippen molar-refractivity contribution in [2.24, 2.45) is 5.92 Å². The molecule has 1 aromatic heterocycles. The van der Waals surface area contributed by atoms with Gasteiger partial charge in [0.1, 0.15) is 5.76 Å². The first-order chi connectivity index (χ1) is 8.24.